The Hall–Kier alpha value is -0.570. The molecule has 0 aliphatic carbocycles. The second-order valence-corrected chi connectivity index (χ2v) is 2.82. The molecule has 0 saturated carbocycles. The van der Waals surface area contributed by atoms with Crippen molar-refractivity contribution in [3.8, 4) is 0 Å². The van der Waals surface area contributed by atoms with Crippen molar-refractivity contribution in [3.05, 3.63) is 0 Å². The summed E-state index contributed by atoms with van der Waals surface area (Å²) >= 11 is 0. The van der Waals surface area contributed by atoms with E-state index in [1.54, 1.807) is 0 Å². The molecule has 0 radical (unpaired) electrons. The molecule has 0 heterocycles. The fourth-order valence-corrected chi connectivity index (χ4v) is 0.885. The second kappa shape index (κ2) is 8.53. The van der Waals surface area contributed by atoms with E-state index < -0.39 is 0 Å². The van der Waals surface area contributed by atoms with E-state index in [2.05, 4.69) is 0 Å². The standard InChI is InChI=1S/C9H19NO2/c1-2-6-9(11)12-8-5-3-4-7-10/h2-8,10H2,1H3. The normalized spacial score (nSPS) is 9.83. The molecule has 0 amide bonds. The minimum Gasteiger partial charge on any atom is -0.466 e. The third-order valence-corrected chi connectivity index (χ3v) is 1.57. The molecule has 0 aromatic carbocycles. The zero-order chi connectivity index (χ0) is 9.23. The molecule has 12 heavy (non-hydrogen) atoms. The Morgan fingerprint density at radius 2 is 2.08 bits per heavy atom. The maximum Gasteiger partial charge on any atom is 0.305 e. The molecule has 0 saturated heterocycles. The summed E-state index contributed by atoms with van der Waals surface area (Å²) in [5.41, 5.74) is 5.31. The van der Waals surface area contributed by atoms with Gasteiger partial charge in [0.1, 0.15) is 0 Å². The SMILES string of the molecule is CCCC(=O)OCCCCCN. The van der Waals surface area contributed by atoms with Gasteiger partial charge in [0, 0.05) is 6.42 Å². The second-order valence-electron chi connectivity index (χ2n) is 2.82. The third-order valence-electron chi connectivity index (χ3n) is 1.57. The highest BCUT2D eigenvalue weighted by atomic mass is 16.5. The first-order valence-corrected chi connectivity index (χ1v) is 4.67. The van der Waals surface area contributed by atoms with Gasteiger partial charge in [-0.2, -0.15) is 0 Å². The van der Waals surface area contributed by atoms with Crippen molar-refractivity contribution in [2.45, 2.75) is 39.0 Å². The van der Waals surface area contributed by atoms with Gasteiger partial charge in [0.15, 0.2) is 0 Å². The quantitative estimate of drug-likeness (QED) is 0.468. The van der Waals surface area contributed by atoms with Gasteiger partial charge in [-0.15, -0.1) is 0 Å². The van der Waals surface area contributed by atoms with Crippen molar-refractivity contribution in [1.82, 2.24) is 0 Å². The Labute approximate surface area is 74.3 Å². The van der Waals surface area contributed by atoms with Gasteiger partial charge < -0.3 is 10.5 Å². The van der Waals surface area contributed by atoms with Gasteiger partial charge in [-0.3, -0.25) is 4.79 Å². The van der Waals surface area contributed by atoms with E-state index in [-0.39, 0.29) is 5.97 Å². The van der Waals surface area contributed by atoms with Crippen molar-refractivity contribution in [2.75, 3.05) is 13.2 Å². The summed E-state index contributed by atoms with van der Waals surface area (Å²) in [6, 6.07) is 0. The van der Waals surface area contributed by atoms with E-state index in [4.69, 9.17) is 10.5 Å². The topological polar surface area (TPSA) is 52.3 Å². The summed E-state index contributed by atoms with van der Waals surface area (Å²) in [6.07, 6.45) is 4.41. The lowest BCUT2D eigenvalue weighted by atomic mass is 10.2. The van der Waals surface area contributed by atoms with Crippen molar-refractivity contribution < 1.29 is 9.53 Å². The summed E-state index contributed by atoms with van der Waals surface area (Å²) in [5.74, 6) is -0.0785. The van der Waals surface area contributed by atoms with Crippen LogP contribution < -0.4 is 5.73 Å². The van der Waals surface area contributed by atoms with E-state index in [1.807, 2.05) is 6.92 Å². The van der Waals surface area contributed by atoms with Gasteiger partial charge in [-0.1, -0.05) is 6.92 Å². The molecule has 0 fully saturated rings. The Bertz CT molecular complexity index is 115. The van der Waals surface area contributed by atoms with E-state index in [9.17, 15) is 4.79 Å². The van der Waals surface area contributed by atoms with Gasteiger partial charge in [0.05, 0.1) is 6.61 Å². The molecule has 0 aromatic rings. The van der Waals surface area contributed by atoms with Crippen LogP contribution in [0.5, 0.6) is 0 Å². The molecule has 0 aliphatic heterocycles. The Kier molecular flexibility index (Phi) is 8.12. The molecule has 0 atom stereocenters. The highest BCUT2D eigenvalue weighted by molar-refractivity contribution is 5.69. The highest BCUT2D eigenvalue weighted by Crippen LogP contribution is 1.96. The van der Waals surface area contributed by atoms with Crippen molar-refractivity contribution in [1.29, 1.82) is 0 Å². The number of hydrogen-bond acceptors (Lipinski definition) is 3. The fraction of sp³-hybridized carbons (Fsp3) is 0.889. The number of unbranched alkanes of at least 4 members (excludes halogenated alkanes) is 2. The molecule has 3 heteroatoms. The minimum atomic E-state index is -0.0785. The van der Waals surface area contributed by atoms with Gasteiger partial charge in [0.25, 0.3) is 0 Å². The third kappa shape index (κ3) is 7.54. The zero-order valence-electron chi connectivity index (χ0n) is 7.84. The summed E-state index contributed by atoms with van der Waals surface area (Å²) in [7, 11) is 0. The molecule has 0 aliphatic rings. The smallest absolute Gasteiger partial charge is 0.305 e. The van der Waals surface area contributed by atoms with E-state index >= 15 is 0 Å². The molecule has 72 valence electrons. The number of nitrogens with two attached hydrogens (primary N) is 1. The van der Waals surface area contributed by atoms with Crippen LogP contribution in [0, 0.1) is 0 Å². The lowest BCUT2D eigenvalue weighted by molar-refractivity contribution is -0.143. The first-order chi connectivity index (χ1) is 5.81. The molecular weight excluding hydrogens is 154 g/mol. The van der Waals surface area contributed by atoms with Crippen LogP contribution in [-0.4, -0.2) is 19.1 Å². The number of hydrogen-bond donors (Lipinski definition) is 1. The lowest BCUT2D eigenvalue weighted by Gasteiger charge is -2.02. The minimum absolute atomic E-state index is 0.0785. The van der Waals surface area contributed by atoms with Crippen LogP contribution in [0.25, 0.3) is 0 Å². The molecular formula is C9H19NO2. The lowest BCUT2D eigenvalue weighted by Crippen LogP contribution is -2.05. The molecule has 0 spiro atoms. The van der Waals surface area contributed by atoms with Gasteiger partial charge >= 0.3 is 5.97 Å². The van der Waals surface area contributed by atoms with Crippen LogP contribution in [0.2, 0.25) is 0 Å². The van der Waals surface area contributed by atoms with Crippen LogP contribution in [0.4, 0.5) is 0 Å². The fourth-order valence-electron chi connectivity index (χ4n) is 0.885. The van der Waals surface area contributed by atoms with Crippen molar-refractivity contribution in [3.63, 3.8) is 0 Å². The van der Waals surface area contributed by atoms with Crippen LogP contribution in [0.1, 0.15) is 39.0 Å². The number of rotatable bonds is 7. The average Bonchev–Trinajstić information content (AvgIpc) is 2.05. The number of esters is 1. The largest absolute Gasteiger partial charge is 0.466 e. The summed E-state index contributed by atoms with van der Waals surface area (Å²) in [4.78, 5) is 10.8. The van der Waals surface area contributed by atoms with Crippen molar-refractivity contribution >= 4 is 5.97 Å². The van der Waals surface area contributed by atoms with Gasteiger partial charge in [0.2, 0.25) is 0 Å². The number of carbonyl (C=O) groups excluding carboxylic acids is 1. The number of ether oxygens (including phenoxy) is 1. The molecule has 0 rings (SSSR count). The van der Waals surface area contributed by atoms with Crippen LogP contribution >= 0.6 is 0 Å². The molecule has 0 aromatic heterocycles. The van der Waals surface area contributed by atoms with Crippen LogP contribution in [0.3, 0.4) is 0 Å². The predicted molar refractivity (Wildman–Crippen MR) is 48.8 cm³/mol. The number of carbonyl (C=O) groups is 1. The monoisotopic (exact) mass is 173 g/mol. The van der Waals surface area contributed by atoms with E-state index in [0.717, 1.165) is 32.2 Å². The first kappa shape index (κ1) is 11.4. The summed E-state index contributed by atoms with van der Waals surface area (Å²) < 4.78 is 4.95. The van der Waals surface area contributed by atoms with Gasteiger partial charge in [-0.05, 0) is 32.2 Å². The van der Waals surface area contributed by atoms with Crippen LogP contribution in [-0.2, 0) is 9.53 Å². The maximum absolute atomic E-state index is 10.8. The zero-order valence-corrected chi connectivity index (χ0v) is 7.84. The highest BCUT2D eigenvalue weighted by Gasteiger charge is 1.98. The van der Waals surface area contributed by atoms with Crippen molar-refractivity contribution in [2.24, 2.45) is 5.73 Å². The summed E-state index contributed by atoms with van der Waals surface area (Å²) in [6.45, 7) is 3.25. The molecule has 2 N–H and O–H groups in total. The molecule has 3 nitrogen and oxygen atoms in total. The Balaban J connectivity index is 3.03. The summed E-state index contributed by atoms with van der Waals surface area (Å²) in [5, 5.41) is 0. The average molecular weight is 173 g/mol. The van der Waals surface area contributed by atoms with Gasteiger partial charge in [-0.25, -0.2) is 0 Å². The predicted octanol–water partition coefficient (Wildman–Crippen LogP) is 1.46. The van der Waals surface area contributed by atoms with E-state index in [0.29, 0.717) is 13.0 Å². The molecule has 0 unspecified atom stereocenters. The van der Waals surface area contributed by atoms with Crippen LogP contribution in [0.15, 0.2) is 0 Å². The van der Waals surface area contributed by atoms with E-state index in [1.165, 1.54) is 0 Å². The maximum atomic E-state index is 10.8. The Morgan fingerprint density at radius 3 is 2.67 bits per heavy atom. The Morgan fingerprint density at radius 1 is 1.33 bits per heavy atom. The molecule has 0 bridgehead atoms. The first-order valence-electron chi connectivity index (χ1n) is 4.67.